The lowest BCUT2D eigenvalue weighted by Crippen LogP contribution is -2.39. The summed E-state index contributed by atoms with van der Waals surface area (Å²) in [4.78, 5) is 28.9. The molecule has 1 aromatic carbocycles. The number of hydrogen-bond donors (Lipinski definition) is 0. The summed E-state index contributed by atoms with van der Waals surface area (Å²) in [6, 6.07) is 9.15. The van der Waals surface area contributed by atoms with Crippen molar-refractivity contribution in [3.63, 3.8) is 0 Å². The van der Waals surface area contributed by atoms with Gasteiger partial charge in [0.25, 0.3) is 0 Å². The fraction of sp³-hybridized carbons (Fsp3) is 0.333. The van der Waals surface area contributed by atoms with Gasteiger partial charge in [-0.15, -0.1) is 0 Å². The van der Waals surface area contributed by atoms with Crippen LogP contribution in [0.25, 0.3) is 0 Å². The first-order chi connectivity index (χ1) is 10.3. The smallest absolute Gasteiger partial charge is 0.175 e. The Morgan fingerprint density at radius 3 is 1.64 bits per heavy atom. The zero-order valence-corrected chi connectivity index (χ0v) is 13.9. The van der Waals surface area contributed by atoms with Gasteiger partial charge in [0.15, 0.2) is 11.6 Å². The quantitative estimate of drug-likeness (QED) is 0.572. The highest BCUT2D eigenvalue weighted by Crippen LogP contribution is 2.27. The fourth-order valence-electron chi connectivity index (χ4n) is 1.94. The Bertz CT molecular complexity index is 542. The van der Waals surface area contributed by atoms with Crippen LogP contribution in [0.5, 0.6) is 0 Å². The van der Waals surface area contributed by atoms with Crippen molar-refractivity contribution >= 4 is 11.6 Å². The first kappa shape index (κ1) is 17.7. The van der Waals surface area contributed by atoms with Gasteiger partial charge >= 0.3 is 0 Å². The summed E-state index contributed by atoms with van der Waals surface area (Å²) in [7, 11) is 7.32. The van der Waals surface area contributed by atoms with Crippen LogP contribution >= 0.6 is 0 Å². The Kier molecular flexibility index (Phi) is 6.11. The van der Waals surface area contributed by atoms with E-state index in [-0.39, 0.29) is 11.6 Å². The van der Waals surface area contributed by atoms with E-state index in [4.69, 9.17) is 0 Å². The van der Waals surface area contributed by atoms with Crippen LogP contribution in [0.1, 0.15) is 12.5 Å². The molecule has 118 valence electrons. The SMILES string of the molecule is CN(C)C=CC(=O)C(C)(C(=O)C=CN(C)C)c1ccccc1. The summed E-state index contributed by atoms with van der Waals surface area (Å²) in [5, 5.41) is 0. The molecule has 0 spiro atoms. The van der Waals surface area contributed by atoms with Gasteiger partial charge in [-0.1, -0.05) is 30.3 Å². The molecule has 22 heavy (non-hydrogen) atoms. The molecule has 0 atom stereocenters. The molecule has 4 nitrogen and oxygen atoms in total. The monoisotopic (exact) mass is 300 g/mol. The van der Waals surface area contributed by atoms with Crippen molar-refractivity contribution in [2.45, 2.75) is 12.3 Å². The average Bonchev–Trinajstić information content (AvgIpc) is 2.50. The lowest BCUT2D eigenvalue weighted by Gasteiger charge is -2.25. The van der Waals surface area contributed by atoms with Crippen molar-refractivity contribution in [3.8, 4) is 0 Å². The van der Waals surface area contributed by atoms with Crippen LogP contribution in [0.2, 0.25) is 0 Å². The molecule has 0 N–H and O–H groups in total. The predicted octanol–water partition coefficient (Wildman–Crippen LogP) is 2.23. The molecule has 0 heterocycles. The highest BCUT2D eigenvalue weighted by Gasteiger charge is 2.39. The van der Waals surface area contributed by atoms with E-state index in [9.17, 15) is 9.59 Å². The molecule has 0 unspecified atom stereocenters. The highest BCUT2D eigenvalue weighted by atomic mass is 16.2. The lowest BCUT2D eigenvalue weighted by molar-refractivity contribution is -0.129. The fourth-order valence-corrected chi connectivity index (χ4v) is 1.94. The minimum absolute atomic E-state index is 0.235. The molecule has 1 rings (SSSR count). The van der Waals surface area contributed by atoms with E-state index in [0.29, 0.717) is 5.56 Å². The Hall–Kier alpha value is -2.36. The van der Waals surface area contributed by atoms with Crippen LogP contribution < -0.4 is 0 Å². The Labute approximate surface area is 132 Å². The maximum Gasteiger partial charge on any atom is 0.175 e. The van der Waals surface area contributed by atoms with Crippen LogP contribution in [0.3, 0.4) is 0 Å². The number of allylic oxidation sites excluding steroid dienone is 2. The number of benzene rings is 1. The molecule has 0 aliphatic heterocycles. The summed E-state index contributed by atoms with van der Waals surface area (Å²) < 4.78 is 0. The minimum atomic E-state index is -1.22. The summed E-state index contributed by atoms with van der Waals surface area (Å²) in [6.07, 6.45) is 6.22. The molecule has 0 aliphatic rings. The Morgan fingerprint density at radius 2 is 1.27 bits per heavy atom. The summed E-state index contributed by atoms with van der Waals surface area (Å²) in [5.74, 6) is -0.471. The second-order valence-corrected chi connectivity index (χ2v) is 5.78. The van der Waals surface area contributed by atoms with E-state index in [1.54, 1.807) is 29.1 Å². The standard InChI is InChI=1S/C18H24N2O2/c1-18(15-9-7-6-8-10-15,16(21)11-13-19(2)3)17(22)12-14-20(4)5/h6-14H,1-5H3. The number of ketones is 2. The summed E-state index contributed by atoms with van der Waals surface area (Å²) >= 11 is 0. The van der Waals surface area contributed by atoms with E-state index in [2.05, 4.69) is 0 Å². The summed E-state index contributed by atoms with van der Waals surface area (Å²) in [5.41, 5.74) is -0.530. The van der Waals surface area contributed by atoms with E-state index in [0.717, 1.165) is 0 Å². The van der Waals surface area contributed by atoms with Crippen LogP contribution in [0.4, 0.5) is 0 Å². The molecule has 0 aliphatic carbocycles. The van der Waals surface area contributed by atoms with Crippen LogP contribution in [0.15, 0.2) is 54.9 Å². The van der Waals surface area contributed by atoms with Gasteiger partial charge < -0.3 is 9.80 Å². The molecular weight excluding hydrogens is 276 g/mol. The maximum absolute atomic E-state index is 12.7. The number of carbonyl (C=O) groups excluding carboxylic acids is 2. The Balaban J connectivity index is 3.27. The highest BCUT2D eigenvalue weighted by molar-refractivity contribution is 6.19. The topological polar surface area (TPSA) is 40.6 Å². The molecule has 4 heteroatoms. The van der Waals surface area contributed by atoms with Gasteiger partial charge in [-0.2, -0.15) is 0 Å². The molecule has 0 saturated heterocycles. The van der Waals surface area contributed by atoms with Crippen molar-refractivity contribution in [3.05, 3.63) is 60.4 Å². The molecular formula is C18H24N2O2. The van der Waals surface area contributed by atoms with Gasteiger partial charge in [-0.25, -0.2) is 0 Å². The minimum Gasteiger partial charge on any atom is -0.383 e. The molecule has 0 bridgehead atoms. The maximum atomic E-state index is 12.7. The molecule has 1 aromatic rings. The largest absolute Gasteiger partial charge is 0.383 e. The van der Waals surface area contributed by atoms with Crippen LogP contribution in [-0.2, 0) is 15.0 Å². The van der Waals surface area contributed by atoms with E-state index >= 15 is 0 Å². The average molecular weight is 300 g/mol. The molecule has 0 saturated carbocycles. The van der Waals surface area contributed by atoms with Gasteiger partial charge in [-0.3, -0.25) is 9.59 Å². The third kappa shape index (κ3) is 4.32. The van der Waals surface area contributed by atoms with Crippen LogP contribution in [-0.4, -0.2) is 49.6 Å². The predicted molar refractivity (Wildman–Crippen MR) is 89.5 cm³/mol. The first-order valence-corrected chi connectivity index (χ1v) is 7.12. The van der Waals surface area contributed by atoms with Gasteiger partial charge in [0.1, 0.15) is 5.41 Å². The number of hydrogen-bond acceptors (Lipinski definition) is 4. The zero-order valence-electron chi connectivity index (χ0n) is 13.9. The first-order valence-electron chi connectivity index (χ1n) is 7.12. The third-order valence-electron chi connectivity index (χ3n) is 3.38. The van der Waals surface area contributed by atoms with E-state index in [1.807, 2.05) is 58.5 Å². The van der Waals surface area contributed by atoms with Gasteiger partial charge in [0.05, 0.1) is 0 Å². The number of rotatable bonds is 7. The number of carbonyl (C=O) groups is 2. The van der Waals surface area contributed by atoms with E-state index < -0.39 is 5.41 Å². The molecule has 0 fully saturated rings. The molecule has 0 radical (unpaired) electrons. The van der Waals surface area contributed by atoms with E-state index in [1.165, 1.54) is 12.2 Å². The second-order valence-electron chi connectivity index (χ2n) is 5.78. The van der Waals surface area contributed by atoms with Gasteiger partial charge in [-0.05, 0) is 24.6 Å². The van der Waals surface area contributed by atoms with Crippen molar-refractivity contribution in [1.29, 1.82) is 0 Å². The molecule has 0 amide bonds. The van der Waals surface area contributed by atoms with Crippen molar-refractivity contribution in [2.24, 2.45) is 0 Å². The van der Waals surface area contributed by atoms with Gasteiger partial charge in [0.2, 0.25) is 0 Å². The Morgan fingerprint density at radius 1 is 0.864 bits per heavy atom. The molecule has 0 aromatic heterocycles. The zero-order chi connectivity index (χ0) is 16.8. The summed E-state index contributed by atoms with van der Waals surface area (Å²) in [6.45, 7) is 1.67. The van der Waals surface area contributed by atoms with Gasteiger partial charge in [0, 0.05) is 40.6 Å². The number of nitrogens with zero attached hydrogens (tertiary/aromatic N) is 2. The van der Waals surface area contributed by atoms with Crippen molar-refractivity contribution in [1.82, 2.24) is 9.80 Å². The normalized spacial score (nSPS) is 14.0. The van der Waals surface area contributed by atoms with Crippen molar-refractivity contribution < 1.29 is 9.59 Å². The second kappa shape index (κ2) is 7.59. The third-order valence-corrected chi connectivity index (χ3v) is 3.38. The van der Waals surface area contributed by atoms with Crippen LogP contribution in [0, 0.1) is 0 Å². The lowest BCUT2D eigenvalue weighted by atomic mass is 9.75. The van der Waals surface area contributed by atoms with Crippen molar-refractivity contribution in [2.75, 3.05) is 28.2 Å².